The van der Waals surface area contributed by atoms with E-state index in [1.54, 1.807) is 43.3 Å². The molecule has 1 aliphatic rings. The van der Waals surface area contributed by atoms with Crippen LogP contribution in [0.15, 0.2) is 48.5 Å². The fourth-order valence-electron chi connectivity index (χ4n) is 3.42. The molecule has 0 radical (unpaired) electrons. The van der Waals surface area contributed by atoms with Gasteiger partial charge < -0.3 is 4.74 Å². The average Bonchev–Trinajstić information content (AvgIpc) is 3.18. The molecule has 1 aliphatic heterocycles. The third-order valence-corrected chi connectivity index (χ3v) is 5.11. The van der Waals surface area contributed by atoms with Crippen LogP contribution in [0.1, 0.15) is 52.5 Å². The molecule has 3 rings (SSSR count). The predicted octanol–water partition coefficient (Wildman–Crippen LogP) is 3.59. The number of hydrazine groups is 1. The van der Waals surface area contributed by atoms with Crippen LogP contribution in [0.5, 0.6) is 5.75 Å². The van der Waals surface area contributed by atoms with Crippen LogP contribution in [0.4, 0.5) is 0 Å². The van der Waals surface area contributed by atoms with Crippen molar-refractivity contribution in [1.29, 1.82) is 5.26 Å². The minimum atomic E-state index is -0.146. The molecule has 6 heteroatoms. The summed E-state index contributed by atoms with van der Waals surface area (Å²) in [5.74, 6) is 1.21. The Morgan fingerprint density at radius 1 is 1.14 bits per heavy atom. The Kier molecular flexibility index (Phi) is 6.99. The summed E-state index contributed by atoms with van der Waals surface area (Å²) in [7, 11) is 0. The van der Waals surface area contributed by atoms with Gasteiger partial charge >= 0.3 is 0 Å². The lowest BCUT2D eigenvalue weighted by Gasteiger charge is -2.17. The van der Waals surface area contributed by atoms with E-state index in [1.807, 2.05) is 23.2 Å². The van der Waals surface area contributed by atoms with Crippen molar-refractivity contribution in [3.8, 4) is 11.8 Å². The summed E-state index contributed by atoms with van der Waals surface area (Å²) in [5.41, 5.74) is 4.73. The van der Waals surface area contributed by atoms with E-state index in [1.165, 1.54) is 0 Å². The second-order valence-electron chi connectivity index (χ2n) is 7.30. The third-order valence-electron chi connectivity index (χ3n) is 5.11. The first-order chi connectivity index (χ1) is 14.0. The number of hydrogen-bond donors (Lipinski definition) is 1. The maximum absolute atomic E-state index is 12.3. The summed E-state index contributed by atoms with van der Waals surface area (Å²) in [5, 5.41) is 10.8. The SMILES string of the molecule is CC(=O)c1ccc(OCCC[C@@H]2CCN(NC(=O)c3ccc(C#N)cc3)C2)cc1. The molecule has 0 aromatic heterocycles. The van der Waals surface area contributed by atoms with Crippen molar-refractivity contribution >= 4 is 11.7 Å². The molecule has 0 aliphatic carbocycles. The molecule has 0 saturated carbocycles. The zero-order valence-corrected chi connectivity index (χ0v) is 16.6. The molecule has 1 saturated heterocycles. The number of amides is 1. The number of Topliss-reactive ketones (excluding diaryl/α,β-unsaturated/α-hetero) is 1. The molecular formula is C23H25N3O3. The molecule has 0 bridgehead atoms. The first-order valence-corrected chi connectivity index (χ1v) is 9.85. The van der Waals surface area contributed by atoms with Crippen LogP contribution in [0, 0.1) is 17.2 Å². The van der Waals surface area contributed by atoms with Crippen LogP contribution >= 0.6 is 0 Å². The molecular weight excluding hydrogens is 366 g/mol. The molecule has 0 spiro atoms. The first kappa shape index (κ1) is 20.6. The molecule has 1 heterocycles. The molecule has 6 nitrogen and oxygen atoms in total. The first-order valence-electron chi connectivity index (χ1n) is 9.85. The van der Waals surface area contributed by atoms with Gasteiger partial charge in [-0.15, -0.1) is 0 Å². The van der Waals surface area contributed by atoms with Gasteiger partial charge in [0.15, 0.2) is 5.78 Å². The molecule has 2 aromatic carbocycles. The Morgan fingerprint density at radius 3 is 2.48 bits per heavy atom. The average molecular weight is 391 g/mol. The molecule has 0 unspecified atom stereocenters. The molecule has 1 N–H and O–H groups in total. The largest absolute Gasteiger partial charge is 0.494 e. The topological polar surface area (TPSA) is 82.4 Å². The zero-order chi connectivity index (χ0) is 20.6. The highest BCUT2D eigenvalue weighted by Crippen LogP contribution is 2.20. The highest BCUT2D eigenvalue weighted by Gasteiger charge is 2.23. The maximum Gasteiger partial charge on any atom is 0.265 e. The van der Waals surface area contributed by atoms with Gasteiger partial charge in [0.05, 0.1) is 18.2 Å². The Bertz CT molecular complexity index is 885. The van der Waals surface area contributed by atoms with E-state index in [-0.39, 0.29) is 11.7 Å². The number of carbonyl (C=O) groups excluding carboxylic acids is 2. The van der Waals surface area contributed by atoms with Crippen LogP contribution in [-0.4, -0.2) is 36.4 Å². The van der Waals surface area contributed by atoms with E-state index in [4.69, 9.17) is 10.00 Å². The molecule has 29 heavy (non-hydrogen) atoms. The molecule has 2 aromatic rings. The number of ether oxygens (including phenoxy) is 1. The van der Waals surface area contributed by atoms with Gasteiger partial charge in [0, 0.05) is 24.2 Å². The van der Waals surface area contributed by atoms with Gasteiger partial charge in [0.2, 0.25) is 0 Å². The molecule has 1 fully saturated rings. The quantitative estimate of drug-likeness (QED) is 0.549. The monoisotopic (exact) mass is 391 g/mol. The predicted molar refractivity (Wildman–Crippen MR) is 109 cm³/mol. The summed E-state index contributed by atoms with van der Waals surface area (Å²) in [6.45, 7) is 3.84. The van der Waals surface area contributed by atoms with E-state index in [0.717, 1.165) is 38.1 Å². The molecule has 1 amide bonds. The van der Waals surface area contributed by atoms with Gasteiger partial charge in [-0.2, -0.15) is 5.26 Å². The zero-order valence-electron chi connectivity index (χ0n) is 16.6. The number of rotatable bonds is 8. The van der Waals surface area contributed by atoms with Gasteiger partial charge in [-0.25, -0.2) is 5.01 Å². The van der Waals surface area contributed by atoms with Gasteiger partial charge in [0.1, 0.15) is 5.75 Å². The number of benzene rings is 2. The van der Waals surface area contributed by atoms with Crippen molar-refractivity contribution in [2.24, 2.45) is 5.92 Å². The Balaban J connectivity index is 1.35. The lowest BCUT2D eigenvalue weighted by atomic mass is 10.0. The van der Waals surface area contributed by atoms with E-state index in [2.05, 4.69) is 5.43 Å². The lowest BCUT2D eigenvalue weighted by Crippen LogP contribution is -2.40. The Labute approximate surface area is 171 Å². The van der Waals surface area contributed by atoms with Gasteiger partial charge in [0.25, 0.3) is 5.91 Å². The second-order valence-corrected chi connectivity index (χ2v) is 7.30. The summed E-state index contributed by atoms with van der Waals surface area (Å²) < 4.78 is 5.75. The van der Waals surface area contributed by atoms with Gasteiger partial charge in [-0.1, -0.05) is 0 Å². The van der Waals surface area contributed by atoms with E-state index >= 15 is 0 Å². The number of nitriles is 1. The fraction of sp³-hybridized carbons (Fsp3) is 0.348. The molecule has 1 atom stereocenters. The Morgan fingerprint density at radius 2 is 1.83 bits per heavy atom. The highest BCUT2D eigenvalue weighted by atomic mass is 16.5. The van der Waals surface area contributed by atoms with Crippen LogP contribution in [0.3, 0.4) is 0 Å². The van der Waals surface area contributed by atoms with Crippen molar-refractivity contribution in [1.82, 2.24) is 10.4 Å². The van der Waals surface area contributed by atoms with Crippen LogP contribution in [0.2, 0.25) is 0 Å². The van der Waals surface area contributed by atoms with Crippen molar-refractivity contribution in [2.75, 3.05) is 19.7 Å². The number of ketones is 1. The minimum absolute atomic E-state index is 0.0496. The summed E-state index contributed by atoms with van der Waals surface area (Å²) in [6, 6.07) is 15.9. The van der Waals surface area contributed by atoms with E-state index in [9.17, 15) is 9.59 Å². The highest BCUT2D eigenvalue weighted by molar-refractivity contribution is 5.94. The summed E-state index contributed by atoms with van der Waals surface area (Å²) in [4.78, 5) is 23.6. The van der Waals surface area contributed by atoms with Crippen LogP contribution in [0.25, 0.3) is 0 Å². The van der Waals surface area contributed by atoms with Gasteiger partial charge in [-0.05, 0) is 80.6 Å². The summed E-state index contributed by atoms with van der Waals surface area (Å²) in [6.07, 6.45) is 3.02. The number of nitrogens with zero attached hydrogens (tertiary/aromatic N) is 2. The van der Waals surface area contributed by atoms with Gasteiger partial charge in [-0.3, -0.25) is 15.0 Å². The normalized spacial score (nSPS) is 16.2. The van der Waals surface area contributed by atoms with E-state index in [0.29, 0.717) is 29.2 Å². The lowest BCUT2D eigenvalue weighted by molar-refractivity contribution is 0.0819. The van der Waals surface area contributed by atoms with Crippen molar-refractivity contribution < 1.29 is 14.3 Å². The van der Waals surface area contributed by atoms with E-state index < -0.39 is 0 Å². The maximum atomic E-state index is 12.3. The molecule has 150 valence electrons. The van der Waals surface area contributed by atoms with Crippen molar-refractivity contribution in [2.45, 2.75) is 26.2 Å². The Hall–Kier alpha value is -3.17. The summed E-state index contributed by atoms with van der Waals surface area (Å²) >= 11 is 0. The fourth-order valence-corrected chi connectivity index (χ4v) is 3.42. The van der Waals surface area contributed by atoms with Crippen LogP contribution < -0.4 is 10.2 Å². The number of carbonyl (C=O) groups is 2. The van der Waals surface area contributed by atoms with Crippen LogP contribution in [-0.2, 0) is 0 Å². The smallest absolute Gasteiger partial charge is 0.265 e. The second kappa shape index (κ2) is 9.85. The minimum Gasteiger partial charge on any atom is -0.494 e. The van der Waals surface area contributed by atoms with Crippen molar-refractivity contribution in [3.05, 3.63) is 65.2 Å². The number of nitrogens with one attached hydrogen (secondary N) is 1. The standard InChI is InChI=1S/C23H25N3O3/c1-17(27)20-8-10-22(11-9-20)29-14-2-3-19-12-13-26(16-19)25-23(28)21-6-4-18(15-24)5-7-21/h4-11,19H,2-3,12-14,16H2,1H3,(H,25,28)/t19-/m1/s1. The third kappa shape index (κ3) is 5.90. The van der Waals surface area contributed by atoms with Crippen molar-refractivity contribution in [3.63, 3.8) is 0 Å². The number of hydrogen-bond acceptors (Lipinski definition) is 5.